The van der Waals surface area contributed by atoms with E-state index >= 15 is 0 Å². The lowest BCUT2D eigenvalue weighted by atomic mass is 10.1. The number of hydrogen-bond donors (Lipinski definition) is 1. The standard InChI is InChI=1S/C13H28O2/c1-3-5-6-7-8-9-10-11-15-12-13(14)4-2/h13-14H,3-12H2,1-2H3/t13-/m0/s1. The van der Waals surface area contributed by atoms with Crippen molar-refractivity contribution in [3.63, 3.8) is 0 Å². The molecule has 0 fully saturated rings. The van der Waals surface area contributed by atoms with E-state index in [1.54, 1.807) is 0 Å². The summed E-state index contributed by atoms with van der Waals surface area (Å²) in [5.41, 5.74) is 0. The summed E-state index contributed by atoms with van der Waals surface area (Å²) in [6.07, 6.45) is 9.70. The lowest BCUT2D eigenvalue weighted by Crippen LogP contribution is -2.14. The molecular weight excluding hydrogens is 188 g/mol. The number of aliphatic hydroxyl groups is 1. The molecule has 0 aromatic heterocycles. The zero-order valence-electron chi connectivity index (χ0n) is 10.5. The van der Waals surface area contributed by atoms with E-state index in [0.717, 1.165) is 19.4 Å². The Labute approximate surface area is 95.0 Å². The molecule has 0 unspecified atom stereocenters. The second kappa shape index (κ2) is 12.0. The van der Waals surface area contributed by atoms with Crippen molar-refractivity contribution >= 4 is 0 Å². The van der Waals surface area contributed by atoms with E-state index in [-0.39, 0.29) is 6.10 Å². The minimum Gasteiger partial charge on any atom is -0.391 e. The Morgan fingerprint density at radius 2 is 1.53 bits per heavy atom. The minimum absolute atomic E-state index is 0.269. The smallest absolute Gasteiger partial charge is 0.0771 e. The van der Waals surface area contributed by atoms with Crippen LogP contribution in [0, 0.1) is 0 Å². The van der Waals surface area contributed by atoms with Crippen molar-refractivity contribution in [2.24, 2.45) is 0 Å². The van der Waals surface area contributed by atoms with Gasteiger partial charge in [-0.25, -0.2) is 0 Å². The number of aliphatic hydroxyl groups excluding tert-OH is 1. The summed E-state index contributed by atoms with van der Waals surface area (Å²) in [5, 5.41) is 9.23. The zero-order chi connectivity index (χ0) is 11.4. The molecule has 15 heavy (non-hydrogen) atoms. The van der Waals surface area contributed by atoms with Gasteiger partial charge in [0.25, 0.3) is 0 Å². The predicted molar refractivity (Wildman–Crippen MR) is 65.1 cm³/mol. The van der Waals surface area contributed by atoms with Gasteiger partial charge in [0.1, 0.15) is 0 Å². The van der Waals surface area contributed by atoms with E-state index in [1.807, 2.05) is 6.92 Å². The molecular formula is C13H28O2. The Kier molecular flexibility index (Phi) is 11.9. The van der Waals surface area contributed by atoms with Gasteiger partial charge >= 0.3 is 0 Å². The van der Waals surface area contributed by atoms with E-state index in [1.165, 1.54) is 38.5 Å². The monoisotopic (exact) mass is 216 g/mol. The summed E-state index contributed by atoms with van der Waals surface area (Å²) in [7, 11) is 0. The molecule has 0 heterocycles. The summed E-state index contributed by atoms with van der Waals surface area (Å²) in [6, 6.07) is 0. The first-order chi connectivity index (χ1) is 7.31. The van der Waals surface area contributed by atoms with Gasteiger partial charge in [-0.05, 0) is 12.8 Å². The van der Waals surface area contributed by atoms with Crippen LogP contribution >= 0.6 is 0 Å². The highest BCUT2D eigenvalue weighted by Gasteiger charge is 1.99. The molecule has 0 aromatic carbocycles. The maximum Gasteiger partial charge on any atom is 0.0771 e. The van der Waals surface area contributed by atoms with Crippen LogP contribution in [0.5, 0.6) is 0 Å². The van der Waals surface area contributed by atoms with Crippen molar-refractivity contribution in [3.8, 4) is 0 Å². The fourth-order valence-electron chi connectivity index (χ4n) is 1.50. The third-order valence-electron chi connectivity index (χ3n) is 2.67. The second-order valence-corrected chi connectivity index (χ2v) is 4.26. The molecule has 0 aromatic rings. The fraction of sp³-hybridized carbons (Fsp3) is 1.00. The van der Waals surface area contributed by atoms with Gasteiger partial charge in [-0.3, -0.25) is 0 Å². The van der Waals surface area contributed by atoms with Crippen LogP contribution in [-0.4, -0.2) is 24.4 Å². The lowest BCUT2D eigenvalue weighted by molar-refractivity contribution is 0.0335. The molecule has 0 rings (SSSR count). The normalized spacial score (nSPS) is 13.0. The van der Waals surface area contributed by atoms with Crippen LogP contribution in [0.15, 0.2) is 0 Å². The van der Waals surface area contributed by atoms with Gasteiger partial charge in [-0.1, -0.05) is 52.4 Å². The van der Waals surface area contributed by atoms with Crippen molar-refractivity contribution in [2.45, 2.75) is 71.3 Å². The highest BCUT2D eigenvalue weighted by atomic mass is 16.5. The Hall–Kier alpha value is -0.0800. The Morgan fingerprint density at radius 1 is 0.933 bits per heavy atom. The Bertz CT molecular complexity index is 115. The quantitative estimate of drug-likeness (QED) is 0.535. The van der Waals surface area contributed by atoms with Gasteiger partial charge in [0.15, 0.2) is 0 Å². The van der Waals surface area contributed by atoms with E-state index in [0.29, 0.717) is 6.61 Å². The van der Waals surface area contributed by atoms with Crippen molar-refractivity contribution in [3.05, 3.63) is 0 Å². The summed E-state index contributed by atoms with van der Waals surface area (Å²) in [5.74, 6) is 0. The van der Waals surface area contributed by atoms with E-state index < -0.39 is 0 Å². The van der Waals surface area contributed by atoms with Crippen molar-refractivity contribution in [2.75, 3.05) is 13.2 Å². The molecule has 0 saturated carbocycles. The molecule has 2 nitrogen and oxygen atoms in total. The van der Waals surface area contributed by atoms with Crippen molar-refractivity contribution in [1.29, 1.82) is 0 Å². The van der Waals surface area contributed by atoms with Crippen LogP contribution in [0.25, 0.3) is 0 Å². The molecule has 0 saturated heterocycles. The predicted octanol–water partition coefficient (Wildman–Crippen LogP) is 3.52. The Morgan fingerprint density at radius 3 is 2.13 bits per heavy atom. The van der Waals surface area contributed by atoms with E-state index in [4.69, 9.17) is 4.74 Å². The number of unbranched alkanes of at least 4 members (excludes halogenated alkanes) is 6. The van der Waals surface area contributed by atoms with E-state index in [9.17, 15) is 5.11 Å². The number of hydrogen-bond acceptors (Lipinski definition) is 2. The molecule has 0 spiro atoms. The summed E-state index contributed by atoms with van der Waals surface area (Å²) in [6.45, 7) is 5.53. The van der Waals surface area contributed by atoms with Crippen molar-refractivity contribution < 1.29 is 9.84 Å². The van der Waals surface area contributed by atoms with Gasteiger partial charge in [0.2, 0.25) is 0 Å². The van der Waals surface area contributed by atoms with Crippen LogP contribution in [0.4, 0.5) is 0 Å². The van der Waals surface area contributed by atoms with Gasteiger partial charge in [-0.15, -0.1) is 0 Å². The maximum absolute atomic E-state index is 9.23. The van der Waals surface area contributed by atoms with Crippen LogP contribution in [0.2, 0.25) is 0 Å². The molecule has 0 radical (unpaired) electrons. The third-order valence-corrected chi connectivity index (χ3v) is 2.67. The first-order valence-corrected chi connectivity index (χ1v) is 6.57. The number of ether oxygens (including phenoxy) is 1. The summed E-state index contributed by atoms with van der Waals surface area (Å²) >= 11 is 0. The lowest BCUT2D eigenvalue weighted by Gasteiger charge is -2.08. The fourth-order valence-corrected chi connectivity index (χ4v) is 1.50. The third kappa shape index (κ3) is 11.8. The van der Waals surface area contributed by atoms with Gasteiger partial charge in [0.05, 0.1) is 12.7 Å². The van der Waals surface area contributed by atoms with Crippen LogP contribution in [0.1, 0.15) is 65.2 Å². The molecule has 0 amide bonds. The summed E-state index contributed by atoms with van der Waals surface area (Å²) < 4.78 is 5.36. The highest BCUT2D eigenvalue weighted by Crippen LogP contribution is 2.06. The highest BCUT2D eigenvalue weighted by molar-refractivity contribution is 4.49. The van der Waals surface area contributed by atoms with Crippen molar-refractivity contribution in [1.82, 2.24) is 0 Å². The first-order valence-electron chi connectivity index (χ1n) is 6.57. The topological polar surface area (TPSA) is 29.5 Å². The van der Waals surface area contributed by atoms with Crippen LogP contribution in [0.3, 0.4) is 0 Å². The average molecular weight is 216 g/mol. The molecule has 0 aliphatic carbocycles. The minimum atomic E-state index is -0.269. The number of rotatable bonds is 11. The van der Waals surface area contributed by atoms with Gasteiger partial charge < -0.3 is 9.84 Å². The largest absolute Gasteiger partial charge is 0.391 e. The molecule has 1 atom stereocenters. The van der Waals surface area contributed by atoms with Gasteiger partial charge in [0, 0.05) is 6.61 Å². The van der Waals surface area contributed by atoms with Crippen LogP contribution in [-0.2, 0) is 4.74 Å². The summed E-state index contributed by atoms with van der Waals surface area (Å²) in [4.78, 5) is 0. The maximum atomic E-state index is 9.23. The molecule has 0 bridgehead atoms. The SMILES string of the molecule is CCCCCCCCCOC[C@@H](O)CC. The molecule has 92 valence electrons. The molecule has 0 aliphatic heterocycles. The Balaban J connectivity index is 2.92. The van der Waals surface area contributed by atoms with Crippen LogP contribution < -0.4 is 0 Å². The molecule has 0 aliphatic rings. The first kappa shape index (κ1) is 14.9. The van der Waals surface area contributed by atoms with E-state index in [2.05, 4.69) is 6.92 Å². The second-order valence-electron chi connectivity index (χ2n) is 4.26. The zero-order valence-corrected chi connectivity index (χ0v) is 10.5. The molecule has 2 heteroatoms. The average Bonchev–Trinajstić information content (AvgIpc) is 2.26. The van der Waals surface area contributed by atoms with Gasteiger partial charge in [-0.2, -0.15) is 0 Å². The molecule has 1 N–H and O–H groups in total.